The Balaban J connectivity index is 1.35. The Labute approximate surface area is 151 Å². The zero-order chi connectivity index (χ0) is 18.1. The Morgan fingerprint density at radius 3 is 3.04 bits per heavy atom. The van der Waals surface area contributed by atoms with E-state index in [1.54, 1.807) is 15.6 Å². The van der Waals surface area contributed by atoms with E-state index in [1.165, 1.54) is 0 Å². The van der Waals surface area contributed by atoms with Crippen molar-refractivity contribution in [1.29, 1.82) is 0 Å². The molecule has 8 nitrogen and oxygen atoms in total. The number of carbonyl (C=O) groups is 2. The van der Waals surface area contributed by atoms with Crippen LogP contribution in [0.2, 0.25) is 0 Å². The van der Waals surface area contributed by atoms with Gasteiger partial charge in [-0.25, -0.2) is 4.52 Å². The molecule has 1 unspecified atom stereocenters. The van der Waals surface area contributed by atoms with Gasteiger partial charge in [0.25, 0.3) is 5.91 Å². The monoisotopic (exact) mass is 357 g/mol. The van der Waals surface area contributed by atoms with Gasteiger partial charge >= 0.3 is 0 Å². The first kappa shape index (κ1) is 17.0. The van der Waals surface area contributed by atoms with Gasteiger partial charge in [-0.05, 0) is 30.4 Å². The zero-order valence-corrected chi connectivity index (χ0v) is 14.9. The van der Waals surface area contributed by atoms with Gasteiger partial charge in [0.2, 0.25) is 5.91 Å². The van der Waals surface area contributed by atoms with Crippen molar-refractivity contribution in [3.8, 4) is 0 Å². The molecule has 0 spiro atoms. The van der Waals surface area contributed by atoms with Crippen LogP contribution < -0.4 is 5.32 Å². The first-order chi connectivity index (χ1) is 12.5. The summed E-state index contributed by atoms with van der Waals surface area (Å²) in [5.74, 6) is -0.0994. The predicted molar refractivity (Wildman–Crippen MR) is 93.6 cm³/mol. The fourth-order valence-corrected chi connectivity index (χ4v) is 3.24. The van der Waals surface area contributed by atoms with Crippen molar-refractivity contribution in [3.63, 3.8) is 0 Å². The van der Waals surface area contributed by atoms with Gasteiger partial charge < -0.3 is 15.0 Å². The molecular weight excluding hydrogens is 334 g/mol. The highest BCUT2D eigenvalue weighted by Gasteiger charge is 2.39. The summed E-state index contributed by atoms with van der Waals surface area (Å²) in [5, 5.41) is 11.0. The van der Waals surface area contributed by atoms with Crippen LogP contribution >= 0.6 is 0 Å². The summed E-state index contributed by atoms with van der Waals surface area (Å²) in [7, 11) is 0. The van der Waals surface area contributed by atoms with Crippen LogP contribution in [0.3, 0.4) is 0 Å². The highest BCUT2D eigenvalue weighted by Crippen LogP contribution is 2.47. The standard InChI is InChI=1S/C18H23N5O3/c1-18(5-6-18)10-15(24)19-11-13-12-22(8-9-26-13)17(25)16-14-4-2-3-7-23(14)21-20-16/h2-4,7,13H,5-6,8-12H2,1H3,(H,19,24). The van der Waals surface area contributed by atoms with Gasteiger partial charge in [0.05, 0.1) is 18.2 Å². The second-order valence-electron chi connectivity index (χ2n) is 7.50. The number of hydrogen-bond acceptors (Lipinski definition) is 5. The lowest BCUT2D eigenvalue weighted by Gasteiger charge is -2.32. The maximum absolute atomic E-state index is 12.8. The summed E-state index contributed by atoms with van der Waals surface area (Å²) in [6.07, 6.45) is 4.36. The molecule has 1 saturated heterocycles. The van der Waals surface area contributed by atoms with E-state index in [0.29, 0.717) is 43.9 Å². The number of rotatable bonds is 5. The van der Waals surface area contributed by atoms with Crippen molar-refractivity contribution in [3.05, 3.63) is 30.1 Å². The molecule has 2 amide bonds. The number of hydrogen-bond donors (Lipinski definition) is 1. The average Bonchev–Trinajstić information content (AvgIpc) is 3.21. The third-order valence-electron chi connectivity index (χ3n) is 5.17. The lowest BCUT2D eigenvalue weighted by Crippen LogP contribution is -2.49. The topological polar surface area (TPSA) is 88.8 Å². The number of nitrogens with one attached hydrogen (secondary N) is 1. The Morgan fingerprint density at radius 2 is 2.23 bits per heavy atom. The number of carbonyl (C=O) groups excluding carboxylic acids is 2. The number of ether oxygens (including phenoxy) is 1. The first-order valence-electron chi connectivity index (χ1n) is 9.02. The third kappa shape index (κ3) is 3.55. The van der Waals surface area contributed by atoms with Gasteiger partial charge in [0, 0.05) is 32.3 Å². The summed E-state index contributed by atoms with van der Waals surface area (Å²) in [4.78, 5) is 26.6. The molecule has 0 radical (unpaired) electrons. The number of pyridine rings is 1. The molecule has 4 rings (SSSR count). The van der Waals surface area contributed by atoms with Crippen LogP contribution in [0.4, 0.5) is 0 Å². The molecule has 2 fully saturated rings. The molecule has 0 bridgehead atoms. The minimum absolute atomic E-state index is 0.0568. The molecular formula is C18H23N5O3. The van der Waals surface area contributed by atoms with Crippen molar-refractivity contribution >= 4 is 17.3 Å². The van der Waals surface area contributed by atoms with Crippen molar-refractivity contribution < 1.29 is 14.3 Å². The maximum Gasteiger partial charge on any atom is 0.276 e. The lowest BCUT2D eigenvalue weighted by molar-refractivity contribution is -0.123. The number of fused-ring (bicyclic) bond motifs is 1. The smallest absolute Gasteiger partial charge is 0.276 e. The second kappa shape index (κ2) is 6.68. The highest BCUT2D eigenvalue weighted by atomic mass is 16.5. The second-order valence-corrected chi connectivity index (χ2v) is 7.50. The maximum atomic E-state index is 12.8. The molecule has 2 aromatic rings. The Kier molecular flexibility index (Phi) is 4.36. The van der Waals surface area contributed by atoms with Gasteiger partial charge in [0.1, 0.15) is 0 Å². The molecule has 2 aliphatic rings. The molecule has 0 aromatic carbocycles. The van der Waals surface area contributed by atoms with Crippen LogP contribution in [0, 0.1) is 5.41 Å². The summed E-state index contributed by atoms with van der Waals surface area (Å²) < 4.78 is 7.30. The lowest BCUT2D eigenvalue weighted by atomic mass is 10.1. The molecule has 1 aliphatic heterocycles. The predicted octanol–water partition coefficient (Wildman–Crippen LogP) is 0.877. The number of amides is 2. The Hall–Kier alpha value is -2.48. The fourth-order valence-electron chi connectivity index (χ4n) is 3.24. The van der Waals surface area contributed by atoms with Gasteiger partial charge in [-0.3, -0.25) is 9.59 Å². The molecule has 1 N–H and O–H groups in total. The molecule has 1 aliphatic carbocycles. The largest absolute Gasteiger partial charge is 0.373 e. The van der Waals surface area contributed by atoms with E-state index in [9.17, 15) is 9.59 Å². The van der Waals surface area contributed by atoms with Crippen molar-refractivity contribution in [2.24, 2.45) is 5.41 Å². The third-order valence-corrected chi connectivity index (χ3v) is 5.17. The van der Waals surface area contributed by atoms with Crippen molar-refractivity contribution in [2.45, 2.75) is 32.3 Å². The van der Waals surface area contributed by atoms with E-state index in [0.717, 1.165) is 12.8 Å². The summed E-state index contributed by atoms with van der Waals surface area (Å²) >= 11 is 0. The number of nitrogens with zero attached hydrogens (tertiary/aromatic N) is 4. The number of morpholine rings is 1. The van der Waals surface area contributed by atoms with Gasteiger partial charge in [0.15, 0.2) is 5.69 Å². The minimum Gasteiger partial charge on any atom is -0.373 e. The Morgan fingerprint density at radius 1 is 1.38 bits per heavy atom. The van der Waals surface area contributed by atoms with Crippen LogP contribution in [0.5, 0.6) is 0 Å². The first-order valence-corrected chi connectivity index (χ1v) is 9.02. The quantitative estimate of drug-likeness (QED) is 0.858. The molecule has 8 heteroatoms. The van der Waals surface area contributed by atoms with Crippen LogP contribution in [0.1, 0.15) is 36.7 Å². The van der Waals surface area contributed by atoms with E-state index >= 15 is 0 Å². The van der Waals surface area contributed by atoms with E-state index in [2.05, 4.69) is 22.6 Å². The Bertz CT molecular complexity index is 829. The fraction of sp³-hybridized carbons (Fsp3) is 0.556. The van der Waals surface area contributed by atoms with Gasteiger partial charge in [-0.15, -0.1) is 5.10 Å². The van der Waals surface area contributed by atoms with Crippen LogP contribution in [0.25, 0.3) is 5.52 Å². The summed E-state index contributed by atoms with van der Waals surface area (Å²) in [6, 6.07) is 5.52. The highest BCUT2D eigenvalue weighted by molar-refractivity contribution is 5.98. The molecule has 138 valence electrons. The normalized spacial score (nSPS) is 21.6. The van der Waals surface area contributed by atoms with Crippen molar-refractivity contribution in [2.75, 3.05) is 26.2 Å². The van der Waals surface area contributed by atoms with E-state index in [4.69, 9.17) is 4.74 Å². The minimum atomic E-state index is -0.203. The zero-order valence-electron chi connectivity index (χ0n) is 14.9. The van der Waals surface area contributed by atoms with E-state index in [-0.39, 0.29) is 23.3 Å². The van der Waals surface area contributed by atoms with E-state index in [1.807, 2.05) is 18.2 Å². The summed E-state index contributed by atoms with van der Waals surface area (Å²) in [5.41, 5.74) is 1.22. The van der Waals surface area contributed by atoms with Crippen molar-refractivity contribution in [1.82, 2.24) is 25.0 Å². The molecule has 1 atom stereocenters. The van der Waals surface area contributed by atoms with Gasteiger partial charge in [-0.2, -0.15) is 0 Å². The molecule has 3 heterocycles. The van der Waals surface area contributed by atoms with Gasteiger partial charge in [-0.1, -0.05) is 18.2 Å². The van der Waals surface area contributed by atoms with Crippen LogP contribution in [-0.2, 0) is 9.53 Å². The average molecular weight is 357 g/mol. The molecule has 2 aromatic heterocycles. The summed E-state index contributed by atoms with van der Waals surface area (Å²) in [6.45, 7) is 3.94. The van der Waals surface area contributed by atoms with E-state index < -0.39 is 0 Å². The number of aromatic nitrogens is 3. The SMILES string of the molecule is CC1(CC(=O)NCC2CN(C(=O)c3nnn4ccccc34)CCO2)CC1. The molecule has 1 saturated carbocycles. The van der Waals surface area contributed by atoms with Crippen LogP contribution in [0.15, 0.2) is 24.4 Å². The van der Waals surface area contributed by atoms with Crippen LogP contribution in [-0.4, -0.2) is 63.9 Å². The molecule has 26 heavy (non-hydrogen) atoms.